The van der Waals surface area contributed by atoms with Crippen LogP contribution in [0.5, 0.6) is 0 Å². The van der Waals surface area contributed by atoms with Crippen molar-refractivity contribution in [2.24, 2.45) is 5.11 Å². The highest BCUT2D eigenvalue weighted by atomic mass is 19.1. The topological polar surface area (TPSA) is 210 Å². The number of esters is 5. The molecule has 16 heteroatoms. The summed E-state index contributed by atoms with van der Waals surface area (Å²) in [7, 11) is 0.789. The second kappa shape index (κ2) is 12.1. The molecule has 1 heterocycles. The molecule has 2 unspecified atom stereocenters. The van der Waals surface area contributed by atoms with Crippen LogP contribution in [0.15, 0.2) is 5.11 Å². The summed E-state index contributed by atoms with van der Waals surface area (Å²) in [6, 6.07) is -1.88. The lowest BCUT2D eigenvalue weighted by Gasteiger charge is -2.47. The van der Waals surface area contributed by atoms with Gasteiger partial charge in [0.1, 0.15) is 18.8 Å². The summed E-state index contributed by atoms with van der Waals surface area (Å²) >= 11 is 0. The Morgan fingerprint density at radius 3 is 2.12 bits per heavy atom. The van der Waals surface area contributed by atoms with E-state index in [0.717, 1.165) is 34.8 Å². The van der Waals surface area contributed by atoms with Crippen LogP contribution in [-0.4, -0.2) is 91.1 Å². The molecule has 0 amide bonds. The summed E-state index contributed by atoms with van der Waals surface area (Å²) in [6.45, 7) is 3.04. The number of carbonyl (C=O) groups excluding carboxylic acids is 5. The molecule has 190 valence electrons. The van der Waals surface area contributed by atoms with E-state index in [2.05, 4.69) is 14.8 Å². The summed E-state index contributed by atoms with van der Waals surface area (Å²) in [5.41, 5.74) is 9.01. The highest BCUT2D eigenvalue weighted by Crippen LogP contribution is 2.38. The fourth-order valence-electron chi connectivity index (χ4n) is 3.16. The Hall–Kier alpha value is -3.49. The van der Waals surface area contributed by atoms with Crippen molar-refractivity contribution in [3.8, 4) is 0 Å². The van der Waals surface area contributed by atoms with E-state index in [4.69, 9.17) is 29.2 Å². The molecule has 1 aliphatic heterocycles. The first-order chi connectivity index (χ1) is 15.8. The molecular formula is C18H24FN3O12. The maximum absolute atomic E-state index is 15.2. The molecule has 0 aliphatic carbocycles. The number of hydrogen-bond acceptors (Lipinski definition) is 13. The number of nitrogens with zero attached hydrogens (tertiary/aromatic N) is 3. The molecule has 1 aliphatic rings. The number of ether oxygens (including phenoxy) is 6. The first-order valence-corrected chi connectivity index (χ1v) is 9.60. The number of rotatable bonds is 9. The summed E-state index contributed by atoms with van der Waals surface area (Å²) < 4.78 is 44.6. The fraction of sp³-hybridized carbons (Fsp3) is 0.722. The lowest BCUT2D eigenvalue weighted by atomic mass is 9.87. The average Bonchev–Trinajstić information content (AvgIpc) is 2.73. The molecule has 0 saturated carbocycles. The van der Waals surface area contributed by atoms with Crippen molar-refractivity contribution >= 4 is 29.8 Å². The smallest absolute Gasteiger partial charge is 0.369 e. The number of alkyl halides is 1. The Morgan fingerprint density at radius 2 is 1.68 bits per heavy atom. The van der Waals surface area contributed by atoms with Crippen molar-refractivity contribution in [1.82, 2.24) is 0 Å². The number of hydrogen-bond donors (Lipinski definition) is 1. The SMILES string of the molecule is COC(=O)[C@@]1(O)O[C@H](C(OC(C)=O)C(COC(C)=O)OC(C)=O)[C@H](N=[N+]=[N-])[C@@H](OC(C)=O)[C@@H]1F. The molecule has 1 fully saturated rings. The molecule has 0 aromatic heterocycles. The van der Waals surface area contributed by atoms with Gasteiger partial charge < -0.3 is 33.5 Å². The number of carbonyl (C=O) groups is 5. The van der Waals surface area contributed by atoms with E-state index in [0.29, 0.717) is 0 Å². The molecule has 0 aromatic rings. The second-order valence-corrected chi connectivity index (χ2v) is 6.97. The summed E-state index contributed by atoms with van der Waals surface area (Å²) in [4.78, 5) is 61.1. The summed E-state index contributed by atoms with van der Waals surface area (Å²) in [6.07, 6.45) is -10.5. The van der Waals surface area contributed by atoms with Crippen molar-refractivity contribution in [1.29, 1.82) is 0 Å². The molecule has 0 aromatic carbocycles. The molecular weight excluding hydrogens is 469 g/mol. The van der Waals surface area contributed by atoms with E-state index in [9.17, 15) is 29.1 Å². The van der Waals surface area contributed by atoms with Crippen LogP contribution < -0.4 is 0 Å². The van der Waals surface area contributed by atoms with E-state index in [-0.39, 0.29) is 0 Å². The van der Waals surface area contributed by atoms with E-state index >= 15 is 4.39 Å². The van der Waals surface area contributed by atoms with Crippen molar-refractivity contribution in [3.63, 3.8) is 0 Å². The van der Waals surface area contributed by atoms with Crippen LogP contribution in [-0.2, 0) is 52.4 Å². The molecule has 34 heavy (non-hydrogen) atoms. The van der Waals surface area contributed by atoms with Crippen LogP contribution in [0.1, 0.15) is 27.7 Å². The minimum Gasteiger partial charge on any atom is -0.465 e. The van der Waals surface area contributed by atoms with Crippen molar-refractivity contribution in [2.45, 2.75) is 70.1 Å². The highest BCUT2D eigenvalue weighted by Gasteiger charge is 2.64. The van der Waals surface area contributed by atoms with Crippen molar-refractivity contribution < 1.29 is 61.9 Å². The van der Waals surface area contributed by atoms with Crippen LogP contribution in [0.25, 0.3) is 10.4 Å². The quantitative estimate of drug-likeness (QED) is 0.143. The number of aliphatic hydroxyl groups is 1. The van der Waals surface area contributed by atoms with Gasteiger partial charge in [-0.25, -0.2) is 9.18 Å². The van der Waals surface area contributed by atoms with Crippen LogP contribution in [0.4, 0.5) is 4.39 Å². The third-order valence-corrected chi connectivity index (χ3v) is 4.38. The Kier molecular flexibility index (Phi) is 10.2. The standard InChI is InChI=1S/C18H24FN3O12/c1-7(23)30-6-11(31-8(2)24)13(32-9(3)25)14-12(21-22-20)15(33-10(4)26)16(19)18(28,34-14)17(27)29-5/h11-16,28H,6H2,1-5H3/t11?,12-,13?,14-,15+,16-,18-/m0/s1. The molecule has 1 saturated heterocycles. The van der Waals surface area contributed by atoms with E-state index in [1.807, 2.05) is 0 Å². The lowest BCUT2D eigenvalue weighted by molar-refractivity contribution is -0.321. The normalized spacial score (nSPS) is 27.7. The van der Waals surface area contributed by atoms with Gasteiger partial charge in [0.05, 0.1) is 7.11 Å². The van der Waals surface area contributed by atoms with Gasteiger partial charge in [0, 0.05) is 32.6 Å². The minimum atomic E-state index is -3.44. The molecule has 0 spiro atoms. The zero-order valence-corrected chi connectivity index (χ0v) is 18.8. The first kappa shape index (κ1) is 28.5. The largest absolute Gasteiger partial charge is 0.465 e. The molecule has 1 rings (SSSR count). The Balaban J connectivity index is 3.72. The van der Waals surface area contributed by atoms with Gasteiger partial charge in [-0.15, -0.1) is 0 Å². The minimum absolute atomic E-state index is 0.732. The van der Waals surface area contributed by atoms with Crippen molar-refractivity contribution in [2.75, 3.05) is 13.7 Å². The van der Waals surface area contributed by atoms with Gasteiger partial charge in [0.25, 0.3) is 0 Å². The van der Waals surface area contributed by atoms with Crippen LogP contribution >= 0.6 is 0 Å². The second-order valence-electron chi connectivity index (χ2n) is 6.97. The zero-order chi connectivity index (χ0) is 26.2. The van der Waals surface area contributed by atoms with Gasteiger partial charge in [-0.3, -0.25) is 19.2 Å². The Bertz CT molecular complexity index is 863. The van der Waals surface area contributed by atoms with Gasteiger partial charge in [0.15, 0.2) is 18.3 Å². The predicted octanol–water partition coefficient (Wildman–Crippen LogP) is -0.378. The molecule has 0 radical (unpaired) electrons. The van der Waals surface area contributed by atoms with Gasteiger partial charge in [-0.2, -0.15) is 0 Å². The van der Waals surface area contributed by atoms with Crippen LogP contribution in [0, 0.1) is 0 Å². The van der Waals surface area contributed by atoms with E-state index in [1.165, 1.54) is 0 Å². The molecule has 1 N–H and O–H groups in total. The third-order valence-electron chi connectivity index (χ3n) is 4.38. The van der Waals surface area contributed by atoms with E-state index < -0.39 is 78.9 Å². The predicted molar refractivity (Wildman–Crippen MR) is 103 cm³/mol. The fourth-order valence-corrected chi connectivity index (χ4v) is 3.16. The maximum Gasteiger partial charge on any atom is 0.369 e. The van der Waals surface area contributed by atoms with Crippen molar-refractivity contribution in [3.05, 3.63) is 10.4 Å². The summed E-state index contributed by atoms with van der Waals surface area (Å²) in [5.74, 6) is -9.02. The van der Waals surface area contributed by atoms with E-state index in [1.54, 1.807) is 0 Å². The Labute approximate surface area is 192 Å². The average molecular weight is 493 g/mol. The third kappa shape index (κ3) is 7.00. The van der Waals surface area contributed by atoms with Gasteiger partial charge in [-0.1, -0.05) is 5.11 Å². The molecule has 7 atom stereocenters. The van der Waals surface area contributed by atoms with Gasteiger partial charge in [0.2, 0.25) is 6.17 Å². The van der Waals surface area contributed by atoms with Crippen LogP contribution in [0.2, 0.25) is 0 Å². The maximum atomic E-state index is 15.2. The van der Waals surface area contributed by atoms with Gasteiger partial charge in [-0.05, 0) is 5.53 Å². The Morgan fingerprint density at radius 1 is 1.09 bits per heavy atom. The highest BCUT2D eigenvalue weighted by molar-refractivity contribution is 5.79. The lowest BCUT2D eigenvalue weighted by Crippen LogP contribution is -2.70. The molecule has 15 nitrogen and oxygen atoms in total. The monoisotopic (exact) mass is 493 g/mol. The van der Waals surface area contributed by atoms with Gasteiger partial charge >= 0.3 is 35.6 Å². The van der Waals surface area contributed by atoms with Crippen LogP contribution in [0.3, 0.4) is 0 Å². The number of halogens is 1. The zero-order valence-electron chi connectivity index (χ0n) is 18.8. The number of methoxy groups -OCH3 is 1. The molecule has 0 bridgehead atoms. The summed E-state index contributed by atoms with van der Waals surface area (Å²) in [5, 5.41) is 14.0. The first-order valence-electron chi connectivity index (χ1n) is 9.60. The number of azide groups is 1.